The first-order chi connectivity index (χ1) is 14.7. The van der Waals surface area contributed by atoms with Crippen LogP contribution in [0, 0.1) is 5.92 Å². The normalized spacial score (nSPS) is 12.0. The maximum atomic E-state index is 12.0. The largest absolute Gasteiger partial charge is 0.493 e. The number of methoxy groups -OCH3 is 1. The van der Waals surface area contributed by atoms with Crippen LogP contribution in [0.4, 0.5) is 0 Å². The van der Waals surface area contributed by atoms with Crippen LogP contribution in [0.1, 0.15) is 52.0 Å². The van der Waals surface area contributed by atoms with Gasteiger partial charge in [-0.2, -0.15) is 0 Å². The second kappa shape index (κ2) is 14.2. The van der Waals surface area contributed by atoms with Gasteiger partial charge < -0.3 is 19.9 Å². The van der Waals surface area contributed by atoms with Gasteiger partial charge in [0.2, 0.25) is 5.91 Å². The SMILES string of the molecule is COc1cc(CNC(=O)CCCC/C=C/C(C)C)ccc1OC(=O)CN[C@@H](C)C(=O)O. The van der Waals surface area contributed by atoms with Crippen molar-refractivity contribution in [2.45, 2.75) is 59.0 Å². The Labute approximate surface area is 184 Å². The molecule has 172 valence electrons. The lowest BCUT2D eigenvalue weighted by atomic mass is 10.1. The van der Waals surface area contributed by atoms with Crippen molar-refractivity contribution in [2.24, 2.45) is 5.92 Å². The molecule has 31 heavy (non-hydrogen) atoms. The standard InChI is InChI=1S/C23H34N2O6/c1-16(2)9-7-5-6-8-10-21(26)25-14-18-11-12-19(20(13-18)30-4)31-22(27)15-24-17(3)23(28)29/h7,9,11-13,16-17,24H,5-6,8,10,14-15H2,1-4H3,(H,25,26)(H,28,29)/b9-7+/t17-/m0/s1. The second-order valence-electron chi connectivity index (χ2n) is 7.59. The van der Waals surface area contributed by atoms with Crippen LogP contribution in [0.2, 0.25) is 0 Å². The van der Waals surface area contributed by atoms with Crippen LogP contribution in [0.3, 0.4) is 0 Å². The number of allylic oxidation sites excluding steroid dienone is 2. The minimum atomic E-state index is -1.06. The summed E-state index contributed by atoms with van der Waals surface area (Å²) in [4.78, 5) is 34.7. The summed E-state index contributed by atoms with van der Waals surface area (Å²) in [5.74, 6) is -0.575. The number of ether oxygens (including phenoxy) is 2. The van der Waals surface area contributed by atoms with Gasteiger partial charge in [0.25, 0.3) is 0 Å². The molecule has 0 aliphatic rings. The molecule has 8 nitrogen and oxygen atoms in total. The number of benzene rings is 1. The van der Waals surface area contributed by atoms with Crippen molar-refractivity contribution >= 4 is 17.8 Å². The van der Waals surface area contributed by atoms with Crippen LogP contribution in [-0.2, 0) is 20.9 Å². The van der Waals surface area contributed by atoms with Gasteiger partial charge in [-0.1, -0.05) is 32.1 Å². The van der Waals surface area contributed by atoms with Gasteiger partial charge >= 0.3 is 11.9 Å². The van der Waals surface area contributed by atoms with Crippen molar-refractivity contribution in [3.05, 3.63) is 35.9 Å². The predicted octanol–water partition coefficient (Wildman–Crippen LogP) is 3.05. The third-order valence-corrected chi connectivity index (χ3v) is 4.41. The lowest BCUT2D eigenvalue weighted by molar-refractivity contribution is -0.139. The Bertz CT molecular complexity index is 760. The average molecular weight is 435 g/mol. The van der Waals surface area contributed by atoms with Gasteiger partial charge in [-0.15, -0.1) is 0 Å². The van der Waals surface area contributed by atoms with E-state index in [1.165, 1.54) is 14.0 Å². The van der Waals surface area contributed by atoms with E-state index >= 15 is 0 Å². The molecule has 0 fully saturated rings. The minimum Gasteiger partial charge on any atom is -0.493 e. The van der Waals surface area contributed by atoms with Crippen LogP contribution in [-0.4, -0.2) is 42.6 Å². The number of carbonyl (C=O) groups excluding carboxylic acids is 2. The number of rotatable bonds is 14. The Morgan fingerprint density at radius 3 is 2.52 bits per heavy atom. The Balaban J connectivity index is 2.45. The summed E-state index contributed by atoms with van der Waals surface area (Å²) in [6.45, 7) is 5.80. The number of esters is 1. The van der Waals surface area contributed by atoms with E-state index in [-0.39, 0.29) is 18.2 Å². The lowest BCUT2D eigenvalue weighted by Crippen LogP contribution is -2.38. The van der Waals surface area contributed by atoms with Gasteiger partial charge in [0, 0.05) is 13.0 Å². The fourth-order valence-corrected chi connectivity index (χ4v) is 2.59. The molecule has 0 bridgehead atoms. The van der Waals surface area contributed by atoms with Gasteiger partial charge in [-0.3, -0.25) is 19.7 Å². The summed E-state index contributed by atoms with van der Waals surface area (Å²) in [6.07, 6.45) is 7.59. The van der Waals surface area contributed by atoms with Gasteiger partial charge in [0.05, 0.1) is 13.7 Å². The Morgan fingerprint density at radius 2 is 1.87 bits per heavy atom. The molecule has 1 amide bonds. The van der Waals surface area contributed by atoms with Crippen LogP contribution in [0.15, 0.2) is 30.4 Å². The molecule has 1 atom stereocenters. The number of carbonyl (C=O) groups is 3. The van der Waals surface area contributed by atoms with E-state index in [0.717, 1.165) is 24.8 Å². The number of hydrogen-bond acceptors (Lipinski definition) is 6. The fraction of sp³-hybridized carbons (Fsp3) is 0.522. The van der Waals surface area contributed by atoms with E-state index in [9.17, 15) is 14.4 Å². The van der Waals surface area contributed by atoms with Crippen molar-refractivity contribution in [1.29, 1.82) is 0 Å². The molecule has 8 heteroatoms. The molecule has 0 aliphatic heterocycles. The highest BCUT2D eigenvalue weighted by Gasteiger charge is 2.15. The van der Waals surface area contributed by atoms with Crippen LogP contribution < -0.4 is 20.1 Å². The molecule has 0 aromatic heterocycles. The lowest BCUT2D eigenvalue weighted by Gasteiger charge is -2.13. The molecule has 0 spiro atoms. The maximum absolute atomic E-state index is 12.0. The Hall–Kier alpha value is -2.87. The number of aliphatic carboxylic acids is 1. The first-order valence-electron chi connectivity index (χ1n) is 10.5. The Morgan fingerprint density at radius 1 is 1.13 bits per heavy atom. The average Bonchev–Trinajstić information content (AvgIpc) is 2.73. The van der Waals surface area contributed by atoms with E-state index in [2.05, 4.69) is 36.6 Å². The molecule has 1 aromatic rings. The third kappa shape index (κ3) is 11.2. The van der Waals surface area contributed by atoms with Gasteiger partial charge in [0.1, 0.15) is 6.04 Å². The number of nitrogens with one attached hydrogen (secondary N) is 2. The molecule has 3 N–H and O–H groups in total. The second-order valence-corrected chi connectivity index (χ2v) is 7.59. The molecular formula is C23H34N2O6. The zero-order valence-corrected chi connectivity index (χ0v) is 18.8. The smallest absolute Gasteiger partial charge is 0.325 e. The molecule has 0 saturated heterocycles. The van der Waals surface area contributed by atoms with Gasteiger partial charge in [-0.05, 0) is 49.8 Å². The Kier molecular flexibility index (Phi) is 12.0. The van der Waals surface area contributed by atoms with Crippen LogP contribution in [0.5, 0.6) is 11.5 Å². The van der Waals surface area contributed by atoms with E-state index in [4.69, 9.17) is 14.6 Å². The summed E-state index contributed by atoms with van der Waals surface area (Å²) in [6, 6.07) is 4.14. The van der Waals surface area contributed by atoms with Crippen LogP contribution in [0.25, 0.3) is 0 Å². The maximum Gasteiger partial charge on any atom is 0.325 e. The van der Waals surface area contributed by atoms with Crippen molar-refractivity contribution in [3.63, 3.8) is 0 Å². The zero-order chi connectivity index (χ0) is 23.2. The molecule has 0 heterocycles. The summed E-state index contributed by atoms with van der Waals surface area (Å²) in [7, 11) is 1.45. The number of hydrogen-bond donors (Lipinski definition) is 3. The van der Waals surface area contributed by atoms with Crippen molar-refractivity contribution in [1.82, 2.24) is 10.6 Å². The fourth-order valence-electron chi connectivity index (χ4n) is 2.59. The number of carboxylic acid groups (broad SMARTS) is 1. The summed E-state index contributed by atoms with van der Waals surface area (Å²) < 4.78 is 10.5. The number of carboxylic acids is 1. The highest BCUT2D eigenvalue weighted by atomic mass is 16.6. The first kappa shape index (κ1) is 26.2. The molecule has 0 saturated carbocycles. The van der Waals surface area contributed by atoms with E-state index in [0.29, 0.717) is 24.6 Å². The molecular weight excluding hydrogens is 400 g/mol. The molecule has 1 rings (SSSR count). The topological polar surface area (TPSA) is 114 Å². The number of unbranched alkanes of at least 4 members (excludes halogenated alkanes) is 2. The van der Waals surface area contributed by atoms with Gasteiger partial charge in [-0.25, -0.2) is 0 Å². The monoisotopic (exact) mass is 434 g/mol. The summed E-state index contributed by atoms with van der Waals surface area (Å²) in [5.41, 5.74) is 0.808. The third-order valence-electron chi connectivity index (χ3n) is 4.41. The van der Waals surface area contributed by atoms with E-state index in [1.807, 2.05) is 0 Å². The van der Waals surface area contributed by atoms with Gasteiger partial charge in [0.15, 0.2) is 11.5 Å². The molecule has 1 aromatic carbocycles. The van der Waals surface area contributed by atoms with E-state index < -0.39 is 18.0 Å². The quantitative estimate of drug-likeness (QED) is 0.178. The zero-order valence-electron chi connectivity index (χ0n) is 18.8. The molecule has 0 radical (unpaired) electrons. The first-order valence-corrected chi connectivity index (χ1v) is 10.5. The summed E-state index contributed by atoms with van der Waals surface area (Å²) >= 11 is 0. The highest BCUT2D eigenvalue weighted by Crippen LogP contribution is 2.28. The van der Waals surface area contributed by atoms with Crippen molar-refractivity contribution < 1.29 is 29.0 Å². The number of amides is 1. The van der Waals surface area contributed by atoms with Crippen molar-refractivity contribution in [3.8, 4) is 11.5 Å². The van der Waals surface area contributed by atoms with Crippen molar-refractivity contribution in [2.75, 3.05) is 13.7 Å². The summed E-state index contributed by atoms with van der Waals surface area (Å²) in [5, 5.41) is 14.2. The molecule has 0 aliphatic carbocycles. The van der Waals surface area contributed by atoms with E-state index in [1.54, 1.807) is 18.2 Å². The van der Waals surface area contributed by atoms with Crippen LogP contribution >= 0.6 is 0 Å². The minimum absolute atomic E-state index is 0.0130. The highest BCUT2D eigenvalue weighted by molar-refractivity contribution is 5.78. The molecule has 0 unspecified atom stereocenters. The predicted molar refractivity (Wildman–Crippen MR) is 118 cm³/mol.